The van der Waals surface area contributed by atoms with Gasteiger partial charge in [-0.05, 0) is 44.7 Å². The van der Waals surface area contributed by atoms with E-state index in [0.29, 0.717) is 56.8 Å². The molecular weight excluding hydrogens is 432 g/mol. The standard InChI is InChI=1S/C24H25ClN2O5/c1-4-30-14(2)17-12-26-13-18(25)22(17)27-19-11-21(28)32-23-16(19)9-10-20(29-3)24(23)31-15-7-5-6-8-15/h9-13,15H,2,4-8H2,1,3H3,(H,26,27). The van der Waals surface area contributed by atoms with Gasteiger partial charge in [-0.1, -0.05) is 18.2 Å². The van der Waals surface area contributed by atoms with Crippen molar-refractivity contribution >= 4 is 39.7 Å². The van der Waals surface area contributed by atoms with Crippen LogP contribution in [-0.2, 0) is 4.74 Å². The highest BCUT2D eigenvalue weighted by Crippen LogP contribution is 2.41. The Bertz CT molecular complexity index is 1200. The van der Waals surface area contributed by atoms with Crippen LogP contribution in [0.15, 0.2) is 46.4 Å². The number of rotatable bonds is 8. The summed E-state index contributed by atoms with van der Waals surface area (Å²) in [5.41, 5.74) is 1.42. The smallest absolute Gasteiger partial charge is 0.338 e. The van der Waals surface area contributed by atoms with Crippen molar-refractivity contribution in [3.05, 3.63) is 58.2 Å². The predicted octanol–water partition coefficient (Wildman–Crippen LogP) is 5.92. The second-order valence-electron chi connectivity index (χ2n) is 7.50. The number of methoxy groups -OCH3 is 1. The molecule has 1 aliphatic rings. The fraction of sp³-hybridized carbons (Fsp3) is 0.333. The van der Waals surface area contributed by atoms with Gasteiger partial charge in [0.15, 0.2) is 11.3 Å². The molecule has 3 aromatic rings. The lowest BCUT2D eigenvalue weighted by molar-refractivity contribution is 0.200. The first-order valence-electron chi connectivity index (χ1n) is 10.6. The third kappa shape index (κ3) is 4.39. The highest BCUT2D eigenvalue weighted by atomic mass is 35.5. The van der Waals surface area contributed by atoms with Crippen molar-refractivity contribution in [1.82, 2.24) is 4.98 Å². The van der Waals surface area contributed by atoms with Gasteiger partial charge in [-0.2, -0.15) is 0 Å². The first kappa shape index (κ1) is 22.0. The van der Waals surface area contributed by atoms with Gasteiger partial charge in [-0.15, -0.1) is 0 Å². The Morgan fingerprint density at radius 2 is 2.09 bits per heavy atom. The number of anilines is 2. The molecule has 0 radical (unpaired) electrons. The number of ether oxygens (including phenoxy) is 3. The first-order chi connectivity index (χ1) is 15.5. The van der Waals surface area contributed by atoms with E-state index in [1.165, 1.54) is 12.3 Å². The number of hydrogen-bond donors (Lipinski definition) is 1. The van der Waals surface area contributed by atoms with Gasteiger partial charge >= 0.3 is 5.63 Å². The molecule has 1 aromatic carbocycles. The number of halogens is 1. The Labute approximate surface area is 191 Å². The van der Waals surface area contributed by atoms with Gasteiger partial charge in [-0.3, -0.25) is 4.98 Å². The first-order valence-corrected chi connectivity index (χ1v) is 10.9. The molecule has 0 spiro atoms. The summed E-state index contributed by atoms with van der Waals surface area (Å²) in [5.74, 6) is 1.36. The molecule has 1 saturated carbocycles. The molecule has 2 heterocycles. The molecule has 0 atom stereocenters. The normalized spacial score (nSPS) is 13.8. The van der Waals surface area contributed by atoms with Gasteiger partial charge in [0.05, 0.1) is 41.8 Å². The van der Waals surface area contributed by atoms with Crippen molar-refractivity contribution in [2.75, 3.05) is 19.0 Å². The second kappa shape index (κ2) is 9.53. The van der Waals surface area contributed by atoms with E-state index >= 15 is 0 Å². The molecule has 1 N–H and O–H groups in total. The molecule has 32 heavy (non-hydrogen) atoms. The van der Waals surface area contributed by atoms with Crippen LogP contribution in [0.3, 0.4) is 0 Å². The lowest BCUT2D eigenvalue weighted by Gasteiger charge is -2.19. The van der Waals surface area contributed by atoms with Gasteiger partial charge in [0.1, 0.15) is 5.76 Å². The molecule has 0 saturated heterocycles. The Hall–Kier alpha value is -3.19. The molecule has 1 fully saturated rings. The van der Waals surface area contributed by atoms with Crippen LogP contribution < -0.4 is 20.4 Å². The zero-order chi connectivity index (χ0) is 22.7. The van der Waals surface area contributed by atoms with E-state index in [0.717, 1.165) is 25.7 Å². The molecule has 0 bridgehead atoms. The summed E-state index contributed by atoms with van der Waals surface area (Å²) >= 11 is 6.44. The van der Waals surface area contributed by atoms with Crippen molar-refractivity contribution in [1.29, 1.82) is 0 Å². The predicted molar refractivity (Wildman–Crippen MR) is 125 cm³/mol. The van der Waals surface area contributed by atoms with Crippen molar-refractivity contribution < 1.29 is 18.6 Å². The fourth-order valence-corrected chi connectivity index (χ4v) is 4.10. The van der Waals surface area contributed by atoms with E-state index in [1.54, 1.807) is 19.4 Å². The van der Waals surface area contributed by atoms with Crippen LogP contribution in [0.2, 0.25) is 5.02 Å². The molecule has 0 aliphatic heterocycles. The summed E-state index contributed by atoms with van der Waals surface area (Å²) < 4.78 is 22.9. The number of fused-ring (bicyclic) bond motifs is 1. The number of aromatic nitrogens is 1. The molecule has 4 rings (SSSR count). The third-order valence-corrected chi connectivity index (χ3v) is 5.70. The van der Waals surface area contributed by atoms with E-state index in [1.807, 2.05) is 13.0 Å². The van der Waals surface area contributed by atoms with Crippen molar-refractivity contribution in [3.63, 3.8) is 0 Å². The van der Waals surface area contributed by atoms with Crippen LogP contribution in [-0.4, -0.2) is 24.8 Å². The maximum absolute atomic E-state index is 12.5. The van der Waals surface area contributed by atoms with Crippen LogP contribution in [0.4, 0.5) is 11.4 Å². The quantitative estimate of drug-likeness (QED) is 0.332. The van der Waals surface area contributed by atoms with Gasteiger partial charge < -0.3 is 23.9 Å². The van der Waals surface area contributed by atoms with E-state index in [2.05, 4.69) is 16.9 Å². The Kier molecular flexibility index (Phi) is 6.55. The van der Waals surface area contributed by atoms with Crippen LogP contribution in [0, 0.1) is 0 Å². The molecule has 2 aromatic heterocycles. The highest BCUT2D eigenvalue weighted by molar-refractivity contribution is 6.33. The lowest BCUT2D eigenvalue weighted by atomic mass is 10.1. The largest absolute Gasteiger partial charge is 0.494 e. The molecule has 1 aliphatic carbocycles. The zero-order valence-corrected chi connectivity index (χ0v) is 18.8. The van der Waals surface area contributed by atoms with E-state index in [4.69, 9.17) is 30.2 Å². The number of pyridine rings is 1. The molecule has 0 amide bonds. The number of hydrogen-bond acceptors (Lipinski definition) is 7. The fourth-order valence-electron chi connectivity index (χ4n) is 3.89. The van der Waals surface area contributed by atoms with Gasteiger partial charge in [0, 0.05) is 23.8 Å². The van der Waals surface area contributed by atoms with E-state index < -0.39 is 5.63 Å². The lowest BCUT2D eigenvalue weighted by Crippen LogP contribution is -2.13. The van der Waals surface area contributed by atoms with Gasteiger partial charge in [-0.25, -0.2) is 4.79 Å². The molecule has 0 unspecified atom stereocenters. The minimum atomic E-state index is -0.528. The second-order valence-corrected chi connectivity index (χ2v) is 7.91. The maximum Gasteiger partial charge on any atom is 0.338 e. The summed E-state index contributed by atoms with van der Waals surface area (Å²) in [6, 6.07) is 4.98. The average molecular weight is 457 g/mol. The van der Waals surface area contributed by atoms with Crippen LogP contribution >= 0.6 is 11.6 Å². The number of nitrogens with zero attached hydrogens (tertiary/aromatic N) is 1. The SMILES string of the molecule is C=C(OCC)c1cncc(Cl)c1Nc1cc(=O)oc2c(OC3CCCC3)c(OC)ccc12. The molecule has 8 heteroatoms. The zero-order valence-electron chi connectivity index (χ0n) is 18.1. The van der Waals surface area contributed by atoms with Crippen molar-refractivity contribution in [3.8, 4) is 11.5 Å². The molecule has 7 nitrogen and oxygen atoms in total. The number of nitrogens with one attached hydrogen (secondary N) is 1. The minimum absolute atomic E-state index is 0.0622. The topological polar surface area (TPSA) is 82.8 Å². The van der Waals surface area contributed by atoms with Crippen LogP contribution in [0.1, 0.15) is 38.2 Å². The Balaban J connectivity index is 1.83. The summed E-state index contributed by atoms with van der Waals surface area (Å²) in [6.45, 7) is 6.27. The summed E-state index contributed by atoms with van der Waals surface area (Å²) in [7, 11) is 1.56. The van der Waals surface area contributed by atoms with Gasteiger partial charge in [0.2, 0.25) is 5.75 Å². The van der Waals surface area contributed by atoms with Crippen LogP contribution in [0.5, 0.6) is 11.5 Å². The van der Waals surface area contributed by atoms with Gasteiger partial charge in [0.25, 0.3) is 0 Å². The third-order valence-electron chi connectivity index (χ3n) is 5.42. The monoisotopic (exact) mass is 456 g/mol. The van der Waals surface area contributed by atoms with Crippen LogP contribution in [0.25, 0.3) is 16.7 Å². The summed E-state index contributed by atoms with van der Waals surface area (Å²) in [5, 5.41) is 4.27. The van der Waals surface area contributed by atoms with E-state index in [9.17, 15) is 4.79 Å². The Morgan fingerprint density at radius 3 is 2.81 bits per heavy atom. The highest BCUT2D eigenvalue weighted by Gasteiger charge is 2.23. The van der Waals surface area contributed by atoms with Crippen molar-refractivity contribution in [2.24, 2.45) is 0 Å². The average Bonchev–Trinajstić information content (AvgIpc) is 3.29. The molecule has 168 valence electrons. The molecular formula is C24H25ClN2O5. The minimum Gasteiger partial charge on any atom is -0.494 e. The number of benzene rings is 1. The van der Waals surface area contributed by atoms with Crippen molar-refractivity contribution in [2.45, 2.75) is 38.7 Å². The maximum atomic E-state index is 12.5. The summed E-state index contributed by atoms with van der Waals surface area (Å²) in [4.78, 5) is 16.6. The Morgan fingerprint density at radius 1 is 1.31 bits per heavy atom. The summed E-state index contributed by atoms with van der Waals surface area (Å²) in [6.07, 6.45) is 7.32. The van der Waals surface area contributed by atoms with E-state index in [-0.39, 0.29) is 6.10 Å².